The van der Waals surface area contributed by atoms with Gasteiger partial charge >= 0.3 is 0 Å². The summed E-state index contributed by atoms with van der Waals surface area (Å²) in [6.07, 6.45) is 3.21. The molecule has 4 aromatic rings. The number of nitrogens with zero attached hydrogens (tertiary/aromatic N) is 4. The molecule has 1 saturated heterocycles. The molecule has 1 aliphatic heterocycles. The Labute approximate surface area is 217 Å². The van der Waals surface area contributed by atoms with Crippen molar-refractivity contribution in [2.75, 3.05) is 20.2 Å². The number of aromatic nitrogens is 3. The lowest BCUT2D eigenvalue weighted by Gasteiger charge is -2.31. The number of nitrogens with one attached hydrogen (secondary N) is 2. The molecule has 5 rings (SSSR count). The van der Waals surface area contributed by atoms with Gasteiger partial charge in [0.05, 0.1) is 17.6 Å². The smallest absolute Gasteiger partial charge is 0.289 e. The number of aryl methyl sites for hydroxylation is 1. The van der Waals surface area contributed by atoms with Gasteiger partial charge in [-0.05, 0) is 37.1 Å². The number of amides is 3. The van der Waals surface area contributed by atoms with Crippen molar-refractivity contribution in [2.24, 2.45) is 7.05 Å². The van der Waals surface area contributed by atoms with E-state index >= 15 is 0 Å². The van der Waals surface area contributed by atoms with E-state index in [-0.39, 0.29) is 17.5 Å². The van der Waals surface area contributed by atoms with Crippen LogP contribution in [-0.2, 0) is 7.05 Å². The molecule has 0 spiro atoms. The molecule has 11 heteroatoms. The highest BCUT2D eigenvalue weighted by Gasteiger charge is 2.28. The first kappa shape index (κ1) is 24.4. The quantitative estimate of drug-likeness (QED) is 0.392. The van der Waals surface area contributed by atoms with Crippen molar-refractivity contribution in [3.8, 4) is 5.75 Å². The summed E-state index contributed by atoms with van der Waals surface area (Å²) < 4.78 is 7.14. The van der Waals surface area contributed by atoms with Crippen LogP contribution in [0.4, 0.5) is 0 Å². The van der Waals surface area contributed by atoms with E-state index in [9.17, 15) is 14.4 Å². The summed E-state index contributed by atoms with van der Waals surface area (Å²) in [5.74, 6) is -0.249. The SMILES string of the molecule is COc1cc(C(=O)N2CCC(c3nc(C(=O)NNC(=O)c4cccn4C)cs3)CC2)nc2ccccc12. The minimum absolute atomic E-state index is 0.129. The summed E-state index contributed by atoms with van der Waals surface area (Å²) >= 11 is 1.41. The molecule has 0 saturated carbocycles. The van der Waals surface area contributed by atoms with Crippen LogP contribution in [0.5, 0.6) is 5.75 Å². The number of hydrogen-bond acceptors (Lipinski definition) is 7. The highest BCUT2D eigenvalue weighted by molar-refractivity contribution is 7.09. The molecule has 4 heterocycles. The molecule has 190 valence electrons. The number of carbonyl (C=O) groups is 3. The van der Waals surface area contributed by atoms with Crippen molar-refractivity contribution in [2.45, 2.75) is 18.8 Å². The number of benzene rings is 1. The molecule has 0 unspecified atom stereocenters. The fraction of sp³-hybridized carbons (Fsp3) is 0.269. The maximum Gasteiger partial charge on any atom is 0.289 e. The highest BCUT2D eigenvalue weighted by atomic mass is 32.1. The third-order valence-electron chi connectivity index (χ3n) is 6.47. The predicted octanol–water partition coefficient (Wildman–Crippen LogP) is 3.13. The summed E-state index contributed by atoms with van der Waals surface area (Å²) in [5.41, 5.74) is 6.58. The maximum absolute atomic E-state index is 13.2. The van der Waals surface area contributed by atoms with Gasteiger partial charge < -0.3 is 14.2 Å². The van der Waals surface area contributed by atoms with E-state index in [2.05, 4.69) is 20.8 Å². The standard InChI is InChI=1S/C26H26N6O4S/c1-31-11-5-8-21(31)24(34)30-29-23(33)20-15-37-25(28-20)16-9-12-32(13-10-16)26(35)19-14-22(36-2)17-6-3-4-7-18(17)27-19/h3-8,11,14-16H,9-10,12-13H2,1-2H3,(H,29,33)(H,30,34). The van der Waals surface area contributed by atoms with Gasteiger partial charge in [0.15, 0.2) is 0 Å². The Kier molecular flexibility index (Phi) is 6.87. The minimum atomic E-state index is -0.478. The van der Waals surface area contributed by atoms with Gasteiger partial charge in [-0.15, -0.1) is 11.3 Å². The van der Waals surface area contributed by atoms with Gasteiger partial charge in [0.25, 0.3) is 17.7 Å². The van der Waals surface area contributed by atoms with E-state index in [1.165, 1.54) is 11.3 Å². The second-order valence-corrected chi connectivity index (χ2v) is 9.67. The van der Waals surface area contributed by atoms with Gasteiger partial charge in [-0.1, -0.05) is 12.1 Å². The van der Waals surface area contributed by atoms with Gasteiger partial charge in [-0.25, -0.2) is 9.97 Å². The maximum atomic E-state index is 13.2. The van der Waals surface area contributed by atoms with Crippen molar-refractivity contribution >= 4 is 40.0 Å². The van der Waals surface area contributed by atoms with E-state index < -0.39 is 11.8 Å². The normalized spacial score (nSPS) is 13.9. The summed E-state index contributed by atoms with van der Waals surface area (Å²) in [4.78, 5) is 48.7. The molecule has 1 aromatic carbocycles. The summed E-state index contributed by atoms with van der Waals surface area (Å²) in [6, 6.07) is 12.7. The molecular formula is C26H26N6O4S. The zero-order valence-electron chi connectivity index (χ0n) is 20.4. The lowest BCUT2D eigenvalue weighted by molar-refractivity contribution is 0.0706. The Morgan fingerprint density at radius 2 is 1.76 bits per heavy atom. The molecule has 1 aliphatic rings. The Hall–Kier alpha value is -4.25. The lowest BCUT2D eigenvalue weighted by Crippen LogP contribution is -2.42. The number of rotatable bonds is 5. The van der Waals surface area contributed by atoms with Crippen LogP contribution in [0.3, 0.4) is 0 Å². The number of carbonyl (C=O) groups excluding carboxylic acids is 3. The number of thiazole rings is 1. The molecule has 1 fully saturated rings. The number of fused-ring (bicyclic) bond motifs is 1. The van der Waals surface area contributed by atoms with E-state index in [4.69, 9.17) is 4.74 Å². The van der Waals surface area contributed by atoms with Crippen LogP contribution in [0.15, 0.2) is 54.0 Å². The fourth-order valence-electron chi connectivity index (χ4n) is 4.43. The van der Waals surface area contributed by atoms with E-state index in [1.807, 2.05) is 24.3 Å². The van der Waals surface area contributed by atoms with Crippen molar-refractivity contribution in [1.29, 1.82) is 0 Å². The molecule has 0 radical (unpaired) electrons. The first-order valence-corrected chi connectivity index (χ1v) is 12.7. The van der Waals surface area contributed by atoms with Crippen LogP contribution < -0.4 is 15.6 Å². The number of hydrogen-bond donors (Lipinski definition) is 2. The van der Waals surface area contributed by atoms with Crippen LogP contribution >= 0.6 is 11.3 Å². The predicted molar refractivity (Wildman–Crippen MR) is 139 cm³/mol. The Bertz CT molecular complexity index is 1470. The number of likely N-dealkylation sites (tertiary alicyclic amines) is 1. The zero-order chi connectivity index (χ0) is 25.9. The molecule has 0 aliphatic carbocycles. The Balaban J connectivity index is 1.18. The first-order chi connectivity index (χ1) is 17.9. The molecule has 3 amide bonds. The second kappa shape index (κ2) is 10.4. The summed E-state index contributed by atoms with van der Waals surface area (Å²) in [6.45, 7) is 1.13. The van der Waals surface area contributed by atoms with Crippen LogP contribution in [-0.4, -0.2) is 57.4 Å². The molecule has 3 aromatic heterocycles. The van der Waals surface area contributed by atoms with E-state index in [0.717, 1.165) is 23.2 Å². The largest absolute Gasteiger partial charge is 0.496 e. The molecule has 10 nitrogen and oxygen atoms in total. The number of para-hydroxylation sites is 1. The topological polar surface area (TPSA) is 118 Å². The minimum Gasteiger partial charge on any atom is -0.496 e. The zero-order valence-corrected chi connectivity index (χ0v) is 21.2. The molecule has 37 heavy (non-hydrogen) atoms. The third-order valence-corrected chi connectivity index (χ3v) is 7.48. The molecular weight excluding hydrogens is 492 g/mol. The summed E-state index contributed by atoms with van der Waals surface area (Å²) in [5, 5.41) is 3.39. The lowest BCUT2D eigenvalue weighted by atomic mass is 9.97. The van der Waals surface area contributed by atoms with Crippen LogP contribution in [0.1, 0.15) is 55.2 Å². The van der Waals surface area contributed by atoms with Crippen molar-refractivity contribution in [3.63, 3.8) is 0 Å². The van der Waals surface area contributed by atoms with Crippen molar-refractivity contribution in [1.82, 2.24) is 30.3 Å². The van der Waals surface area contributed by atoms with Gasteiger partial charge in [0, 0.05) is 49.1 Å². The number of pyridine rings is 1. The number of ether oxygens (including phenoxy) is 1. The Morgan fingerprint density at radius 3 is 2.49 bits per heavy atom. The average Bonchev–Trinajstić information content (AvgIpc) is 3.60. The first-order valence-electron chi connectivity index (χ1n) is 11.8. The number of piperidine rings is 1. The highest BCUT2D eigenvalue weighted by Crippen LogP contribution is 2.31. The van der Waals surface area contributed by atoms with Crippen LogP contribution in [0.2, 0.25) is 0 Å². The van der Waals surface area contributed by atoms with Gasteiger partial charge in [0.2, 0.25) is 0 Å². The molecule has 2 N–H and O–H groups in total. The van der Waals surface area contributed by atoms with E-state index in [1.54, 1.807) is 53.4 Å². The summed E-state index contributed by atoms with van der Waals surface area (Å²) in [7, 11) is 3.33. The molecule has 0 atom stereocenters. The number of methoxy groups -OCH3 is 1. The second-order valence-electron chi connectivity index (χ2n) is 8.78. The monoisotopic (exact) mass is 518 g/mol. The Morgan fingerprint density at radius 1 is 1.00 bits per heavy atom. The third kappa shape index (κ3) is 5.03. The van der Waals surface area contributed by atoms with Gasteiger partial charge in [-0.3, -0.25) is 25.2 Å². The van der Waals surface area contributed by atoms with Crippen LogP contribution in [0.25, 0.3) is 10.9 Å². The van der Waals surface area contributed by atoms with Crippen molar-refractivity contribution < 1.29 is 19.1 Å². The van der Waals surface area contributed by atoms with Gasteiger partial charge in [-0.2, -0.15) is 0 Å². The fourth-order valence-corrected chi connectivity index (χ4v) is 5.40. The van der Waals surface area contributed by atoms with Crippen LogP contribution in [0, 0.1) is 0 Å². The average molecular weight is 519 g/mol. The number of hydrazine groups is 1. The van der Waals surface area contributed by atoms with Crippen molar-refractivity contribution in [3.05, 3.63) is 76.1 Å². The van der Waals surface area contributed by atoms with E-state index in [0.29, 0.717) is 35.7 Å². The van der Waals surface area contributed by atoms with Gasteiger partial charge in [0.1, 0.15) is 22.8 Å². The molecule has 0 bridgehead atoms.